The van der Waals surface area contributed by atoms with Crippen LogP contribution in [0.1, 0.15) is 37.3 Å². The van der Waals surface area contributed by atoms with E-state index in [1.54, 1.807) is 12.1 Å². The number of nitrogens with zero attached hydrogens (tertiary/aromatic N) is 1. The zero-order chi connectivity index (χ0) is 14.2. The molecule has 1 aromatic rings. The highest BCUT2D eigenvalue weighted by Gasteiger charge is 2.29. The molecular weight excluding hydrogens is 244 g/mol. The third-order valence-corrected chi connectivity index (χ3v) is 3.47. The van der Waals surface area contributed by atoms with Gasteiger partial charge >= 0.3 is 7.12 Å². The minimum absolute atomic E-state index is 0.119. The van der Waals surface area contributed by atoms with Gasteiger partial charge < -0.3 is 10.0 Å². The van der Waals surface area contributed by atoms with Crippen LogP contribution in [0.15, 0.2) is 12.1 Å². The van der Waals surface area contributed by atoms with Gasteiger partial charge in [0.25, 0.3) is 0 Å². The van der Waals surface area contributed by atoms with E-state index in [0.717, 1.165) is 11.1 Å². The number of halogens is 1. The van der Waals surface area contributed by atoms with Crippen molar-refractivity contribution >= 4 is 18.3 Å². The van der Waals surface area contributed by atoms with Gasteiger partial charge in [-0.1, -0.05) is 32.4 Å². The van der Waals surface area contributed by atoms with Crippen molar-refractivity contribution in [3.63, 3.8) is 0 Å². The van der Waals surface area contributed by atoms with Crippen LogP contribution in [0, 0.1) is 12.5 Å². The van der Waals surface area contributed by atoms with Crippen LogP contribution in [0.2, 0.25) is 0 Å². The summed E-state index contributed by atoms with van der Waals surface area (Å²) in [5.74, 6) is 0.119. The molecule has 0 aromatic heterocycles. The summed E-state index contributed by atoms with van der Waals surface area (Å²) >= 11 is 0. The Balaban J connectivity index is 2.64. The zero-order valence-electron chi connectivity index (χ0n) is 11.1. The van der Waals surface area contributed by atoms with Gasteiger partial charge in [0.05, 0.1) is 5.69 Å². The fourth-order valence-electron chi connectivity index (χ4n) is 2.51. The number of terminal acetylenes is 1. The Kier molecular flexibility index (Phi) is 3.84. The second-order valence-corrected chi connectivity index (χ2v) is 5.12. The molecule has 2 rings (SSSR count). The van der Waals surface area contributed by atoms with Crippen LogP contribution in [0.25, 0.3) is 0 Å². The second kappa shape index (κ2) is 5.24. The topological polar surface area (TPSA) is 43.7 Å². The van der Waals surface area contributed by atoms with Gasteiger partial charge in [-0.3, -0.25) is 4.90 Å². The van der Waals surface area contributed by atoms with Crippen molar-refractivity contribution in [3.05, 3.63) is 23.3 Å². The first kappa shape index (κ1) is 13.9. The Bertz CT molecular complexity index is 525. The number of anilines is 1. The first-order valence-electron chi connectivity index (χ1n) is 6.38. The van der Waals surface area contributed by atoms with Gasteiger partial charge in [-0.25, -0.2) is 4.39 Å². The molecule has 19 heavy (non-hydrogen) atoms. The summed E-state index contributed by atoms with van der Waals surface area (Å²) in [5.41, 5.74) is 2.86. The fraction of sp³-hybridized carbons (Fsp3) is 0.429. The molecular formula is C14H17BFNO2. The van der Waals surface area contributed by atoms with E-state index in [1.807, 2.05) is 13.8 Å². The predicted molar refractivity (Wildman–Crippen MR) is 74.9 cm³/mol. The molecule has 1 aliphatic rings. The van der Waals surface area contributed by atoms with Gasteiger partial charge in [0.1, 0.15) is 0 Å². The van der Waals surface area contributed by atoms with E-state index in [0.29, 0.717) is 24.0 Å². The first-order valence-corrected chi connectivity index (χ1v) is 6.38. The van der Waals surface area contributed by atoms with Crippen LogP contribution < -0.4 is 10.4 Å². The van der Waals surface area contributed by atoms with Crippen molar-refractivity contribution < 1.29 is 14.4 Å². The monoisotopic (exact) mass is 261 g/mol. The maximum absolute atomic E-state index is 13.9. The lowest BCUT2D eigenvalue weighted by molar-refractivity contribution is 0.312. The van der Waals surface area contributed by atoms with Gasteiger partial charge in [0.15, 0.2) is 6.30 Å². The van der Waals surface area contributed by atoms with Crippen molar-refractivity contribution in [2.45, 2.75) is 38.9 Å². The third kappa shape index (κ3) is 2.47. The summed E-state index contributed by atoms with van der Waals surface area (Å²) in [5, 5.41) is 18.7. The van der Waals surface area contributed by atoms with Crippen LogP contribution in [0.3, 0.4) is 0 Å². The molecule has 5 heteroatoms. The minimum atomic E-state index is -1.52. The Labute approximate surface area is 113 Å². The fourth-order valence-corrected chi connectivity index (χ4v) is 2.51. The van der Waals surface area contributed by atoms with E-state index in [4.69, 9.17) is 6.42 Å². The van der Waals surface area contributed by atoms with E-state index in [1.165, 1.54) is 4.90 Å². The summed E-state index contributed by atoms with van der Waals surface area (Å²) in [7, 11) is -1.52. The predicted octanol–water partition coefficient (Wildman–Crippen LogP) is 1.13. The Morgan fingerprint density at radius 2 is 2.16 bits per heavy atom. The lowest BCUT2D eigenvalue weighted by atomic mass is 9.76. The number of hydrogen-bond acceptors (Lipinski definition) is 3. The van der Waals surface area contributed by atoms with Gasteiger partial charge in [-0.2, -0.15) is 0 Å². The molecule has 0 amide bonds. The van der Waals surface area contributed by atoms with E-state index >= 15 is 0 Å². The molecule has 0 aliphatic carbocycles. The average molecular weight is 261 g/mol. The van der Waals surface area contributed by atoms with Crippen LogP contribution in [0.5, 0.6) is 0 Å². The highest BCUT2D eigenvalue weighted by atomic mass is 19.1. The van der Waals surface area contributed by atoms with E-state index in [-0.39, 0.29) is 5.92 Å². The largest absolute Gasteiger partial charge is 0.488 e. The molecule has 0 spiro atoms. The number of aryl methyl sites for hydroxylation is 1. The summed E-state index contributed by atoms with van der Waals surface area (Å²) in [6.07, 6.45) is 5.10. The van der Waals surface area contributed by atoms with Crippen molar-refractivity contribution in [1.82, 2.24) is 0 Å². The summed E-state index contributed by atoms with van der Waals surface area (Å²) in [4.78, 5) is 1.31. The number of fused-ring (bicyclic) bond motifs is 1. The normalized spacial score (nSPS) is 18.2. The number of rotatable bonds is 2. The maximum Gasteiger partial charge on any atom is 0.488 e. The first-order chi connectivity index (χ1) is 8.95. The molecule has 0 saturated carbocycles. The smallest absolute Gasteiger partial charge is 0.423 e. The molecule has 1 aromatic carbocycles. The molecule has 0 bridgehead atoms. The van der Waals surface area contributed by atoms with Crippen LogP contribution in [-0.2, 0) is 6.42 Å². The molecule has 1 aliphatic heterocycles. The standard InChI is InChI=1S/C14H17BFNO2/c1-4-17-13(16)6-5-10-7-11(15(18)19)8-12(9(2)3)14(10)17/h1,7-9,13,18-19H,5-6H2,2-3H3. The number of benzene rings is 1. The van der Waals surface area contributed by atoms with Crippen LogP contribution in [-0.4, -0.2) is 23.5 Å². The average Bonchev–Trinajstić information content (AvgIpc) is 2.37. The van der Waals surface area contributed by atoms with Crippen LogP contribution >= 0.6 is 0 Å². The van der Waals surface area contributed by atoms with Crippen LogP contribution in [0.4, 0.5) is 10.1 Å². The van der Waals surface area contributed by atoms with Crippen molar-refractivity contribution in [3.8, 4) is 12.5 Å². The Hall–Kier alpha value is -1.51. The van der Waals surface area contributed by atoms with Gasteiger partial charge in [-0.15, -0.1) is 0 Å². The van der Waals surface area contributed by atoms with E-state index < -0.39 is 13.4 Å². The second-order valence-electron chi connectivity index (χ2n) is 5.12. The Morgan fingerprint density at radius 1 is 1.47 bits per heavy atom. The molecule has 100 valence electrons. The summed E-state index contributed by atoms with van der Waals surface area (Å²) < 4.78 is 13.9. The summed E-state index contributed by atoms with van der Waals surface area (Å²) in [6.45, 7) is 3.94. The number of hydrogen-bond donors (Lipinski definition) is 2. The molecule has 0 fully saturated rings. The third-order valence-electron chi connectivity index (χ3n) is 3.47. The highest BCUT2D eigenvalue weighted by Crippen LogP contribution is 2.36. The van der Waals surface area contributed by atoms with Crippen molar-refractivity contribution in [1.29, 1.82) is 0 Å². The molecule has 0 saturated heterocycles. The molecule has 3 nitrogen and oxygen atoms in total. The van der Waals surface area contributed by atoms with E-state index in [9.17, 15) is 14.4 Å². The quantitative estimate of drug-likeness (QED) is 0.476. The van der Waals surface area contributed by atoms with Crippen molar-refractivity contribution in [2.24, 2.45) is 0 Å². The summed E-state index contributed by atoms with van der Waals surface area (Å²) in [6, 6.07) is 5.77. The molecule has 1 atom stereocenters. The molecule has 0 radical (unpaired) electrons. The van der Waals surface area contributed by atoms with Gasteiger partial charge in [0.2, 0.25) is 0 Å². The molecule has 2 N–H and O–H groups in total. The lowest BCUT2D eigenvalue weighted by Gasteiger charge is -2.33. The van der Waals surface area contributed by atoms with E-state index in [2.05, 4.69) is 6.04 Å². The highest BCUT2D eigenvalue weighted by molar-refractivity contribution is 6.58. The maximum atomic E-state index is 13.9. The Morgan fingerprint density at radius 3 is 2.68 bits per heavy atom. The zero-order valence-corrected chi connectivity index (χ0v) is 11.1. The lowest BCUT2D eigenvalue weighted by Crippen LogP contribution is -2.37. The molecule has 1 unspecified atom stereocenters. The van der Waals surface area contributed by atoms with Crippen molar-refractivity contribution in [2.75, 3.05) is 4.90 Å². The van der Waals surface area contributed by atoms with Gasteiger partial charge in [0, 0.05) is 12.5 Å². The SMILES string of the molecule is C#CN1c2c(cc(B(O)O)cc2C(C)C)CCC1F. The number of alkyl halides is 1. The minimum Gasteiger partial charge on any atom is -0.423 e. The van der Waals surface area contributed by atoms with Gasteiger partial charge in [-0.05, 0) is 28.9 Å². The molecule has 1 heterocycles.